The molecule has 76 valence electrons. The molecule has 0 bridgehead atoms. The van der Waals surface area contributed by atoms with Crippen LogP contribution in [0, 0.1) is 5.92 Å². The minimum atomic E-state index is -1.08. The topological polar surface area (TPSA) is 83.5 Å². The molecule has 1 amide bonds. The number of rotatable bonds is 3. The van der Waals surface area contributed by atoms with Crippen LogP contribution < -0.4 is 5.32 Å². The van der Waals surface area contributed by atoms with Crippen LogP contribution in [0.2, 0.25) is 0 Å². The number of Topliss-reactive ketones (excluding diaryl/α,β-unsaturated/α-hetero) is 1. The molecule has 1 unspecified atom stereocenters. The van der Waals surface area contributed by atoms with Crippen LogP contribution in [0.3, 0.4) is 0 Å². The summed E-state index contributed by atoms with van der Waals surface area (Å²) < 4.78 is 0. The fraction of sp³-hybridized carbons (Fsp3) is 0.444. The Balaban J connectivity index is 2.97. The minimum absolute atomic E-state index is 0.257. The monoisotopic (exact) mass is 197 g/mol. The molecule has 0 saturated heterocycles. The molecular weight excluding hydrogens is 186 g/mol. The Morgan fingerprint density at radius 1 is 1.50 bits per heavy atom. The Hall–Kier alpha value is -1.65. The van der Waals surface area contributed by atoms with Gasteiger partial charge in [0.05, 0.1) is 12.3 Å². The highest BCUT2D eigenvalue weighted by Crippen LogP contribution is 2.25. The van der Waals surface area contributed by atoms with Gasteiger partial charge in [-0.05, 0) is 13.8 Å². The summed E-state index contributed by atoms with van der Waals surface area (Å²) in [6.45, 7) is 2.92. The quantitative estimate of drug-likeness (QED) is 0.670. The van der Waals surface area contributed by atoms with E-state index in [1.165, 1.54) is 6.92 Å². The molecule has 0 fully saturated rings. The average Bonchev–Trinajstić information content (AvgIpc) is 2.25. The molecule has 1 aliphatic rings. The van der Waals surface area contributed by atoms with Crippen LogP contribution in [0.25, 0.3) is 0 Å². The highest BCUT2D eigenvalue weighted by atomic mass is 16.4. The SMILES string of the molecule is CC(=O)C1=C(C)NC(=O)C1CC(=O)O. The van der Waals surface area contributed by atoms with Crippen molar-refractivity contribution in [1.82, 2.24) is 5.32 Å². The molecule has 14 heavy (non-hydrogen) atoms. The number of amides is 1. The van der Waals surface area contributed by atoms with Crippen molar-refractivity contribution in [3.05, 3.63) is 11.3 Å². The van der Waals surface area contributed by atoms with Gasteiger partial charge in [0.1, 0.15) is 0 Å². The smallest absolute Gasteiger partial charge is 0.304 e. The third-order valence-electron chi connectivity index (χ3n) is 2.14. The number of aliphatic carboxylic acids is 1. The lowest BCUT2D eigenvalue weighted by Crippen LogP contribution is -2.24. The zero-order chi connectivity index (χ0) is 10.9. The van der Waals surface area contributed by atoms with Crippen molar-refractivity contribution < 1.29 is 19.5 Å². The molecule has 0 aromatic rings. The standard InChI is InChI=1S/C9H11NO4/c1-4-8(5(2)11)6(3-7(12)13)9(14)10-4/h6H,3H2,1-2H3,(H,10,14)(H,12,13). The van der Waals surface area contributed by atoms with Crippen LogP contribution in [0.5, 0.6) is 0 Å². The van der Waals surface area contributed by atoms with Crippen LogP contribution in [-0.2, 0) is 14.4 Å². The van der Waals surface area contributed by atoms with E-state index in [4.69, 9.17) is 5.11 Å². The third-order valence-corrected chi connectivity index (χ3v) is 2.14. The maximum absolute atomic E-state index is 11.3. The van der Waals surface area contributed by atoms with E-state index in [-0.39, 0.29) is 17.8 Å². The summed E-state index contributed by atoms with van der Waals surface area (Å²) in [5.74, 6) is -2.58. The highest BCUT2D eigenvalue weighted by Gasteiger charge is 2.35. The Bertz CT molecular complexity index is 343. The molecule has 1 heterocycles. The molecule has 0 spiro atoms. The van der Waals surface area contributed by atoms with E-state index in [2.05, 4.69) is 5.32 Å². The van der Waals surface area contributed by atoms with Crippen molar-refractivity contribution in [3.63, 3.8) is 0 Å². The summed E-state index contributed by atoms with van der Waals surface area (Å²) >= 11 is 0. The molecule has 1 rings (SSSR count). The summed E-state index contributed by atoms with van der Waals surface area (Å²) in [4.78, 5) is 32.9. The fourth-order valence-electron chi connectivity index (χ4n) is 1.61. The van der Waals surface area contributed by atoms with Crippen molar-refractivity contribution in [2.45, 2.75) is 20.3 Å². The number of carboxylic acid groups (broad SMARTS) is 1. The van der Waals surface area contributed by atoms with Crippen LogP contribution in [0.4, 0.5) is 0 Å². The largest absolute Gasteiger partial charge is 0.481 e. The summed E-state index contributed by atoms with van der Waals surface area (Å²) in [5, 5.41) is 11.0. The Morgan fingerprint density at radius 2 is 2.07 bits per heavy atom. The van der Waals surface area contributed by atoms with Gasteiger partial charge in [-0.1, -0.05) is 0 Å². The first-order valence-electron chi connectivity index (χ1n) is 4.18. The van der Waals surface area contributed by atoms with Crippen LogP contribution in [0.1, 0.15) is 20.3 Å². The number of nitrogens with one attached hydrogen (secondary N) is 1. The average molecular weight is 197 g/mol. The van der Waals surface area contributed by atoms with Crippen molar-refractivity contribution in [2.24, 2.45) is 5.92 Å². The maximum atomic E-state index is 11.3. The van der Waals surface area contributed by atoms with Crippen molar-refractivity contribution in [3.8, 4) is 0 Å². The zero-order valence-corrected chi connectivity index (χ0v) is 7.96. The van der Waals surface area contributed by atoms with Gasteiger partial charge in [-0.2, -0.15) is 0 Å². The Kier molecular flexibility index (Phi) is 2.69. The number of hydrogen-bond donors (Lipinski definition) is 2. The van der Waals surface area contributed by atoms with Crippen LogP contribution in [0.15, 0.2) is 11.3 Å². The Labute approximate surface area is 80.8 Å². The molecule has 2 N–H and O–H groups in total. The second kappa shape index (κ2) is 3.61. The first-order valence-corrected chi connectivity index (χ1v) is 4.18. The van der Waals surface area contributed by atoms with Crippen molar-refractivity contribution in [1.29, 1.82) is 0 Å². The number of hydrogen-bond acceptors (Lipinski definition) is 3. The Morgan fingerprint density at radius 3 is 2.50 bits per heavy atom. The van der Waals surface area contributed by atoms with E-state index >= 15 is 0 Å². The number of ketones is 1. The first kappa shape index (κ1) is 10.4. The molecule has 0 aliphatic carbocycles. The van der Waals surface area contributed by atoms with Gasteiger partial charge in [0, 0.05) is 11.3 Å². The van der Waals surface area contributed by atoms with E-state index in [9.17, 15) is 14.4 Å². The molecule has 5 heteroatoms. The lowest BCUT2D eigenvalue weighted by atomic mass is 9.94. The van der Waals surface area contributed by atoms with Gasteiger partial charge < -0.3 is 10.4 Å². The third kappa shape index (κ3) is 1.81. The molecule has 0 saturated carbocycles. The fourth-order valence-corrected chi connectivity index (χ4v) is 1.61. The van der Waals surface area contributed by atoms with Gasteiger partial charge in [-0.15, -0.1) is 0 Å². The van der Waals surface area contributed by atoms with Crippen molar-refractivity contribution in [2.75, 3.05) is 0 Å². The number of carboxylic acids is 1. The predicted molar refractivity (Wildman–Crippen MR) is 47.3 cm³/mol. The summed E-state index contributed by atoms with van der Waals surface area (Å²) in [5.41, 5.74) is 0.756. The second-order valence-corrected chi connectivity index (χ2v) is 3.23. The lowest BCUT2D eigenvalue weighted by molar-refractivity contribution is -0.140. The molecular formula is C9H11NO4. The normalized spacial score (nSPS) is 21.0. The van der Waals surface area contributed by atoms with Gasteiger partial charge in [-0.25, -0.2) is 0 Å². The molecule has 0 aromatic carbocycles. The molecule has 1 aliphatic heterocycles. The number of carbonyl (C=O) groups is 3. The van der Waals surface area contributed by atoms with Gasteiger partial charge in [0.15, 0.2) is 5.78 Å². The van der Waals surface area contributed by atoms with E-state index in [0.717, 1.165) is 0 Å². The molecule has 0 aromatic heterocycles. The molecule has 5 nitrogen and oxygen atoms in total. The summed E-state index contributed by atoms with van der Waals surface area (Å²) in [7, 11) is 0. The minimum Gasteiger partial charge on any atom is -0.481 e. The van der Waals surface area contributed by atoms with E-state index in [0.29, 0.717) is 5.70 Å². The van der Waals surface area contributed by atoms with Gasteiger partial charge in [0.25, 0.3) is 0 Å². The first-order chi connectivity index (χ1) is 6.43. The van der Waals surface area contributed by atoms with Crippen LogP contribution in [-0.4, -0.2) is 22.8 Å². The van der Waals surface area contributed by atoms with E-state index < -0.39 is 17.8 Å². The predicted octanol–water partition coefficient (Wildman–Crippen LogP) is 0.0701. The van der Waals surface area contributed by atoms with Gasteiger partial charge in [-0.3, -0.25) is 14.4 Å². The summed E-state index contributed by atoms with van der Waals surface area (Å²) in [6.07, 6.45) is -0.335. The molecule has 1 atom stereocenters. The van der Waals surface area contributed by atoms with Crippen molar-refractivity contribution >= 4 is 17.7 Å². The zero-order valence-electron chi connectivity index (χ0n) is 7.96. The second-order valence-electron chi connectivity index (χ2n) is 3.23. The number of allylic oxidation sites excluding steroid dienone is 1. The molecule has 0 radical (unpaired) electrons. The van der Waals surface area contributed by atoms with Gasteiger partial charge in [0.2, 0.25) is 5.91 Å². The maximum Gasteiger partial charge on any atom is 0.304 e. The summed E-state index contributed by atoms with van der Waals surface area (Å²) in [6, 6.07) is 0. The highest BCUT2D eigenvalue weighted by molar-refractivity contribution is 6.05. The number of carbonyl (C=O) groups excluding carboxylic acids is 2. The van der Waals surface area contributed by atoms with Crippen LogP contribution >= 0.6 is 0 Å². The van der Waals surface area contributed by atoms with E-state index in [1.807, 2.05) is 0 Å². The van der Waals surface area contributed by atoms with Gasteiger partial charge >= 0.3 is 5.97 Å². The van der Waals surface area contributed by atoms with E-state index in [1.54, 1.807) is 6.92 Å². The lowest BCUT2D eigenvalue weighted by Gasteiger charge is -2.06.